The molecule has 0 bridgehead atoms. The second kappa shape index (κ2) is 5.53. The molecule has 0 fully saturated rings. The summed E-state index contributed by atoms with van der Waals surface area (Å²) < 4.78 is 1.57. The Labute approximate surface area is 126 Å². The summed E-state index contributed by atoms with van der Waals surface area (Å²) in [5.41, 5.74) is 1.89. The van der Waals surface area contributed by atoms with E-state index in [1.54, 1.807) is 29.8 Å². The number of benzene rings is 1. The Hall–Kier alpha value is -1.03. The van der Waals surface area contributed by atoms with E-state index in [9.17, 15) is 4.79 Å². The summed E-state index contributed by atoms with van der Waals surface area (Å²) in [6, 6.07) is 4.79. The lowest BCUT2D eigenvalue weighted by Crippen LogP contribution is -2.13. The van der Waals surface area contributed by atoms with Gasteiger partial charge in [0.15, 0.2) is 5.78 Å². The van der Waals surface area contributed by atoms with Crippen molar-refractivity contribution in [2.45, 2.75) is 20.4 Å². The van der Waals surface area contributed by atoms with Gasteiger partial charge in [0.1, 0.15) is 6.54 Å². The van der Waals surface area contributed by atoms with Crippen molar-refractivity contribution in [3.8, 4) is 0 Å². The van der Waals surface area contributed by atoms with Crippen LogP contribution >= 0.6 is 34.8 Å². The van der Waals surface area contributed by atoms with Gasteiger partial charge in [0.05, 0.1) is 21.4 Å². The number of carbonyl (C=O) groups is 1. The minimum atomic E-state index is -0.135. The van der Waals surface area contributed by atoms with Crippen LogP contribution < -0.4 is 0 Å². The van der Waals surface area contributed by atoms with Crippen molar-refractivity contribution in [2.24, 2.45) is 0 Å². The first-order valence-corrected chi connectivity index (χ1v) is 6.71. The number of hydrogen-bond acceptors (Lipinski definition) is 2. The first kappa shape index (κ1) is 14.4. The highest BCUT2D eigenvalue weighted by atomic mass is 35.5. The first-order valence-electron chi connectivity index (χ1n) is 5.58. The zero-order valence-corrected chi connectivity index (χ0v) is 12.6. The van der Waals surface area contributed by atoms with Crippen LogP contribution in [0.4, 0.5) is 0 Å². The van der Waals surface area contributed by atoms with Gasteiger partial charge in [-0.2, -0.15) is 5.10 Å². The smallest absolute Gasteiger partial charge is 0.185 e. The van der Waals surface area contributed by atoms with Gasteiger partial charge in [-0.25, -0.2) is 0 Å². The number of aromatic nitrogens is 2. The summed E-state index contributed by atoms with van der Waals surface area (Å²) in [7, 11) is 0. The van der Waals surface area contributed by atoms with Crippen molar-refractivity contribution in [3.05, 3.63) is 50.2 Å². The van der Waals surface area contributed by atoms with Gasteiger partial charge in [-0.15, -0.1) is 0 Å². The standard InChI is InChI=1S/C13H11Cl3N2O/c1-7-13(16)8(2)18(17-7)6-12(19)10-4-3-9(14)5-11(10)15/h3-5H,6H2,1-2H3. The second-order valence-electron chi connectivity index (χ2n) is 4.19. The Morgan fingerprint density at radius 3 is 2.47 bits per heavy atom. The summed E-state index contributed by atoms with van der Waals surface area (Å²) >= 11 is 17.8. The Balaban J connectivity index is 2.28. The fraction of sp³-hybridized carbons (Fsp3) is 0.231. The van der Waals surface area contributed by atoms with E-state index in [1.165, 1.54) is 0 Å². The lowest BCUT2D eigenvalue weighted by molar-refractivity contribution is 0.0967. The maximum atomic E-state index is 12.2. The molecule has 19 heavy (non-hydrogen) atoms. The van der Waals surface area contributed by atoms with E-state index in [1.807, 2.05) is 6.92 Å². The molecule has 0 spiro atoms. The molecule has 0 amide bonds. The molecular formula is C13H11Cl3N2O. The highest BCUT2D eigenvalue weighted by Crippen LogP contribution is 2.23. The molecule has 0 radical (unpaired) electrons. The predicted molar refractivity (Wildman–Crippen MR) is 77.5 cm³/mol. The van der Waals surface area contributed by atoms with E-state index in [0.717, 1.165) is 5.69 Å². The third kappa shape index (κ3) is 2.94. The van der Waals surface area contributed by atoms with E-state index in [0.29, 0.717) is 26.3 Å². The first-order chi connectivity index (χ1) is 8.90. The molecule has 0 aliphatic heterocycles. The Morgan fingerprint density at radius 1 is 1.26 bits per heavy atom. The van der Waals surface area contributed by atoms with Gasteiger partial charge in [0.25, 0.3) is 0 Å². The summed E-state index contributed by atoms with van der Waals surface area (Å²) in [5, 5.41) is 5.63. The molecule has 100 valence electrons. The number of nitrogens with zero attached hydrogens (tertiary/aromatic N) is 2. The molecule has 0 aliphatic carbocycles. The number of aryl methyl sites for hydroxylation is 1. The molecule has 2 rings (SSSR count). The average Bonchev–Trinajstić information content (AvgIpc) is 2.57. The van der Waals surface area contributed by atoms with Crippen LogP contribution in [-0.2, 0) is 6.54 Å². The lowest BCUT2D eigenvalue weighted by Gasteiger charge is -2.06. The summed E-state index contributed by atoms with van der Waals surface area (Å²) in [6.07, 6.45) is 0. The van der Waals surface area contributed by atoms with E-state index in [2.05, 4.69) is 5.10 Å². The van der Waals surface area contributed by atoms with Gasteiger partial charge in [-0.3, -0.25) is 9.48 Å². The molecule has 1 aromatic heterocycles. The molecule has 2 aromatic rings. The van der Waals surface area contributed by atoms with Gasteiger partial charge >= 0.3 is 0 Å². The fourth-order valence-electron chi connectivity index (χ4n) is 1.77. The Bertz CT molecular complexity index is 650. The highest BCUT2D eigenvalue weighted by molar-refractivity contribution is 6.36. The van der Waals surface area contributed by atoms with Crippen LogP contribution in [0.2, 0.25) is 15.1 Å². The third-order valence-corrected chi connectivity index (χ3v) is 3.91. The molecule has 0 atom stereocenters. The van der Waals surface area contributed by atoms with Crippen LogP contribution in [0.5, 0.6) is 0 Å². The molecule has 1 aromatic carbocycles. The van der Waals surface area contributed by atoms with Gasteiger partial charge in [-0.05, 0) is 32.0 Å². The monoisotopic (exact) mass is 316 g/mol. The Kier molecular flexibility index (Phi) is 4.19. The lowest BCUT2D eigenvalue weighted by atomic mass is 10.1. The maximum Gasteiger partial charge on any atom is 0.185 e. The van der Waals surface area contributed by atoms with Crippen LogP contribution in [0.25, 0.3) is 0 Å². The average molecular weight is 318 g/mol. The van der Waals surface area contributed by atoms with Crippen LogP contribution in [0, 0.1) is 13.8 Å². The normalized spacial score (nSPS) is 10.8. The molecule has 3 nitrogen and oxygen atoms in total. The summed E-state index contributed by atoms with van der Waals surface area (Å²) in [5.74, 6) is -0.135. The minimum absolute atomic E-state index is 0.0980. The number of hydrogen-bond donors (Lipinski definition) is 0. The molecule has 1 heterocycles. The zero-order chi connectivity index (χ0) is 14.2. The molecule has 6 heteroatoms. The summed E-state index contributed by atoms with van der Waals surface area (Å²) in [6.45, 7) is 3.71. The number of halogens is 3. The zero-order valence-electron chi connectivity index (χ0n) is 10.4. The van der Waals surface area contributed by atoms with Gasteiger partial charge < -0.3 is 0 Å². The number of Topliss-reactive ketones (excluding diaryl/α,β-unsaturated/α-hetero) is 1. The van der Waals surface area contributed by atoms with E-state index in [-0.39, 0.29) is 12.3 Å². The van der Waals surface area contributed by atoms with Crippen molar-refractivity contribution < 1.29 is 4.79 Å². The van der Waals surface area contributed by atoms with Crippen molar-refractivity contribution >= 4 is 40.6 Å². The molecule has 0 saturated carbocycles. The predicted octanol–water partition coefficient (Wildman–Crippen LogP) is 4.34. The van der Waals surface area contributed by atoms with Crippen molar-refractivity contribution in [1.82, 2.24) is 9.78 Å². The summed E-state index contributed by atoms with van der Waals surface area (Å²) in [4.78, 5) is 12.2. The minimum Gasteiger partial charge on any atom is -0.292 e. The van der Waals surface area contributed by atoms with Crippen LogP contribution in [0.3, 0.4) is 0 Å². The molecule has 0 aliphatic rings. The van der Waals surface area contributed by atoms with Crippen LogP contribution in [0.1, 0.15) is 21.7 Å². The van der Waals surface area contributed by atoms with E-state index in [4.69, 9.17) is 34.8 Å². The SMILES string of the molecule is Cc1nn(CC(=O)c2ccc(Cl)cc2Cl)c(C)c1Cl. The molecular weight excluding hydrogens is 307 g/mol. The van der Waals surface area contributed by atoms with Crippen molar-refractivity contribution in [2.75, 3.05) is 0 Å². The molecule has 0 saturated heterocycles. The van der Waals surface area contributed by atoms with E-state index < -0.39 is 0 Å². The van der Waals surface area contributed by atoms with Gasteiger partial charge in [0, 0.05) is 10.6 Å². The number of carbonyl (C=O) groups excluding carboxylic acids is 1. The highest BCUT2D eigenvalue weighted by Gasteiger charge is 2.15. The molecule has 0 N–H and O–H groups in total. The number of ketones is 1. The quantitative estimate of drug-likeness (QED) is 0.789. The van der Waals surface area contributed by atoms with Crippen molar-refractivity contribution in [3.63, 3.8) is 0 Å². The van der Waals surface area contributed by atoms with Crippen LogP contribution in [-0.4, -0.2) is 15.6 Å². The number of rotatable bonds is 3. The second-order valence-corrected chi connectivity index (χ2v) is 5.41. The van der Waals surface area contributed by atoms with Gasteiger partial charge in [-0.1, -0.05) is 34.8 Å². The van der Waals surface area contributed by atoms with Crippen molar-refractivity contribution in [1.29, 1.82) is 0 Å². The van der Waals surface area contributed by atoms with Gasteiger partial charge in [0.2, 0.25) is 0 Å². The maximum absolute atomic E-state index is 12.2. The Morgan fingerprint density at radius 2 is 1.95 bits per heavy atom. The van der Waals surface area contributed by atoms with Crippen LogP contribution in [0.15, 0.2) is 18.2 Å². The molecule has 0 unspecified atom stereocenters. The third-order valence-electron chi connectivity index (χ3n) is 2.82. The largest absolute Gasteiger partial charge is 0.292 e. The fourth-order valence-corrected chi connectivity index (χ4v) is 2.42. The van der Waals surface area contributed by atoms with E-state index >= 15 is 0 Å². The topological polar surface area (TPSA) is 34.9 Å².